The van der Waals surface area contributed by atoms with E-state index in [2.05, 4.69) is 6.07 Å². The van der Waals surface area contributed by atoms with Crippen LogP contribution in [0.2, 0.25) is 0 Å². The highest BCUT2D eigenvalue weighted by atomic mass is 15.2. The Morgan fingerprint density at radius 3 is 2.88 bits per heavy atom. The molecule has 1 aromatic carbocycles. The summed E-state index contributed by atoms with van der Waals surface area (Å²) < 4.78 is 0. The Balaban J connectivity index is 2.43. The van der Waals surface area contributed by atoms with Crippen molar-refractivity contribution < 1.29 is 0 Å². The minimum absolute atomic E-state index is 0.633. The highest BCUT2D eigenvalue weighted by Gasteiger charge is 2.19. The van der Waals surface area contributed by atoms with Crippen LogP contribution < -0.4 is 4.90 Å². The van der Waals surface area contributed by atoms with Crippen LogP contribution in [0.1, 0.15) is 30.4 Å². The maximum Gasteiger partial charge on any atom is 0.102 e. The SMILES string of the molecule is Cc1cccc(N2CCCCC2=N)c1C#N. The largest absolute Gasteiger partial charge is 0.329 e. The van der Waals surface area contributed by atoms with Crippen LogP contribution in [0.25, 0.3) is 0 Å². The van der Waals surface area contributed by atoms with Gasteiger partial charge in [0.15, 0.2) is 0 Å². The van der Waals surface area contributed by atoms with Gasteiger partial charge in [-0.2, -0.15) is 5.26 Å². The molecule has 1 aliphatic rings. The third-order valence-corrected chi connectivity index (χ3v) is 3.02. The molecular formula is C13H15N3. The number of aryl methyl sites for hydroxylation is 1. The summed E-state index contributed by atoms with van der Waals surface area (Å²) >= 11 is 0. The molecule has 1 heterocycles. The number of nitrogens with zero attached hydrogens (tertiary/aromatic N) is 2. The highest BCUT2D eigenvalue weighted by Crippen LogP contribution is 2.26. The van der Waals surface area contributed by atoms with Crippen molar-refractivity contribution in [2.75, 3.05) is 11.4 Å². The average Bonchev–Trinajstić information content (AvgIpc) is 2.29. The molecule has 82 valence electrons. The molecule has 1 N–H and O–H groups in total. The molecule has 3 heteroatoms. The summed E-state index contributed by atoms with van der Waals surface area (Å²) in [4.78, 5) is 1.97. The maximum absolute atomic E-state index is 9.17. The molecule has 0 unspecified atom stereocenters. The van der Waals surface area contributed by atoms with Crippen molar-refractivity contribution >= 4 is 11.5 Å². The first-order valence-corrected chi connectivity index (χ1v) is 5.58. The quantitative estimate of drug-likeness (QED) is 0.779. The van der Waals surface area contributed by atoms with E-state index in [0.29, 0.717) is 11.4 Å². The lowest BCUT2D eigenvalue weighted by Crippen LogP contribution is -2.35. The smallest absolute Gasteiger partial charge is 0.102 e. The molecule has 1 saturated heterocycles. The molecule has 1 aliphatic heterocycles. The van der Waals surface area contributed by atoms with Crippen LogP contribution in [-0.4, -0.2) is 12.4 Å². The molecule has 16 heavy (non-hydrogen) atoms. The normalized spacial score (nSPS) is 16.0. The first-order valence-electron chi connectivity index (χ1n) is 5.58. The maximum atomic E-state index is 9.17. The third-order valence-electron chi connectivity index (χ3n) is 3.02. The lowest BCUT2D eigenvalue weighted by atomic mass is 10.0. The topological polar surface area (TPSA) is 50.9 Å². The van der Waals surface area contributed by atoms with E-state index in [9.17, 15) is 0 Å². The van der Waals surface area contributed by atoms with Crippen molar-refractivity contribution in [1.29, 1.82) is 10.7 Å². The second kappa shape index (κ2) is 4.36. The summed E-state index contributed by atoms with van der Waals surface area (Å²) in [6.07, 6.45) is 3.00. The van der Waals surface area contributed by atoms with Gasteiger partial charge in [0.05, 0.1) is 11.3 Å². The van der Waals surface area contributed by atoms with E-state index in [1.807, 2.05) is 30.0 Å². The van der Waals surface area contributed by atoms with Gasteiger partial charge in [-0.05, 0) is 31.4 Å². The van der Waals surface area contributed by atoms with E-state index in [4.69, 9.17) is 10.7 Å². The van der Waals surface area contributed by atoms with Gasteiger partial charge in [0, 0.05) is 13.0 Å². The molecule has 2 rings (SSSR count). The van der Waals surface area contributed by atoms with Crippen molar-refractivity contribution in [2.24, 2.45) is 0 Å². The monoisotopic (exact) mass is 213 g/mol. The number of nitrogens with one attached hydrogen (secondary N) is 1. The van der Waals surface area contributed by atoms with Gasteiger partial charge in [-0.3, -0.25) is 5.41 Å². The first kappa shape index (κ1) is 10.7. The van der Waals surface area contributed by atoms with Crippen LogP contribution in [0.3, 0.4) is 0 Å². The van der Waals surface area contributed by atoms with Crippen LogP contribution in [0.15, 0.2) is 18.2 Å². The number of benzene rings is 1. The van der Waals surface area contributed by atoms with Crippen molar-refractivity contribution in [2.45, 2.75) is 26.2 Å². The zero-order valence-electron chi connectivity index (χ0n) is 9.45. The van der Waals surface area contributed by atoms with Crippen molar-refractivity contribution in [3.05, 3.63) is 29.3 Å². The average molecular weight is 213 g/mol. The van der Waals surface area contributed by atoms with Gasteiger partial charge >= 0.3 is 0 Å². The van der Waals surface area contributed by atoms with E-state index < -0.39 is 0 Å². The molecule has 0 bridgehead atoms. The fourth-order valence-electron chi connectivity index (χ4n) is 2.12. The predicted molar refractivity (Wildman–Crippen MR) is 64.8 cm³/mol. The predicted octanol–water partition coefficient (Wildman–Crippen LogP) is 2.83. The second-order valence-electron chi connectivity index (χ2n) is 4.14. The molecule has 0 atom stereocenters. The Morgan fingerprint density at radius 2 is 2.19 bits per heavy atom. The summed E-state index contributed by atoms with van der Waals surface area (Å²) in [5.74, 6) is 0.633. The van der Waals surface area contributed by atoms with Crippen molar-refractivity contribution in [1.82, 2.24) is 0 Å². The van der Waals surface area contributed by atoms with Gasteiger partial charge < -0.3 is 4.90 Å². The molecule has 0 spiro atoms. The lowest BCUT2D eigenvalue weighted by Gasteiger charge is -2.30. The van der Waals surface area contributed by atoms with Crippen molar-refractivity contribution in [3.8, 4) is 6.07 Å². The van der Waals surface area contributed by atoms with Gasteiger partial charge in [0.2, 0.25) is 0 Å². The van der Waals surface area contributed by atoms with E-state index >= 15 is 0 Å². The van der Waals surface area contributed by atoms with Gasteiger partial charge in [0.1, 0.15) is 11.9 Å². The third kappa shape index (κ3) is 1.79. The van der Waals surface area contributed by atoms with Gasteiger partial charge in [-0.1, -0.05) is 12.1 Å². The highest BCUT2D eigenvalue weighted by molar-refractivity contribution is 5.97. The molecule has 0 aromatic heterocycles. The number of rotatable bonds is 1. The Morgan fingerprint density at radius 1 is 1.38 bits per heavy atom. The number of hydrogen-bond acceptors (Lipinski definition) is 2. The fraction of sp³-hybridized carbons (Fsp3) is 0.385. The zero-order valence-corrected chi connectivity index (χ0v) is 9.45. The summed E-state index contributed by atoms with van der Waals surface area (Å²) in [7, 11) is 0. The van der Waals surface area contributed by atoms with Crippen molar-refractivity contribution in [3.63, 3.8) is 0 Å². The molecular weight excluding hydrogens is 198 g/mol. The molecule has 0 saturated carbocycles. The van der Waals surface area contributed by atoms with Crippen LogP contribution in [0, 0.1) is 23.7 Å². The van der Waals surface area contributed by atoms with E-state index in [1.165, 1.54) is 0 Å². The Labute approximate surface area is 95.8 Å². The number of piperidine rings is 1. The Hall–Kier alpha value is -1.82. The molecule has 1 fully saturated rings. The lowest BCUT2D eigenvalue weighted by molar-refractivity contribution is 0.707. The van der Waals surface area contributed by atoms with Gasteiger partial charge in [-0.25, -0.2) is 0 Å². The van der Waals surface area contributed by atoms with E-state index in [0.717, 1.165) is 37.1 Å². The summed E-state index contributed by atoms with van der Waals surface area (Å²) in [6, 6.07) is 8.07. The molecule has 0 amide bonds. The number of nitriles is 1. The molecule has 3 nitrogen and oxygen atoms in total. The fourth-order valence-corrected chi connectivity index (χ4v) is 2.12. The van der Waals surface area contributed by atoms with Gasteiger partial charge in [0.25, 0.3) is 0 Å². The van der Waals surface area contributed by atoms with Gasteiger partial charge in [-0.15, -0.1) is 0 Å². The molecule has 1 aromatic rings. The van der Waals surface area contributed by atoms with Crippen LogP contribution in [-0.2, 0) is 0 Å². The first-order chi connectivity index (χ1) is 7.74. The Bertz CT molecular complexity index is 457. The molecule has 0 aliphatic carbocycles. The zero-order chi connectivity index (χ0) is 11.5. The summed E-state index contributed by atoms with van der Waals surface area (Å²) in [5, 5.41) is 17.1. The van der Waals surface area contributed by atoms with Crippen LogP contribution in [0.4, 0.5) is 5.69 Å². The second-order valence-corrected chi connectivity index (χ2v) is 4.14. The standard InChI is InChI=1S/C13H15N3/c1-10-5-4-6-12(11(10)9-14)16-8-3-2-7-13(16)15/h4-6,15H,2-3,7-8H2,1H3. The minimum Gasteiger partial charge on any atom is -0.329 e. The Kier molecular flexibility index (Phi) is 2.91. The van der Waals surface area contributed by atoms with Crippen LogP contribution in [0.5, 0.6) is 0 Å². The van der Waals surface area contributed by atoms with Crippen LogP contribution >= 0.6 is 0 Å². The minimum atomic E-state index is 0.633. The summed E-state index contributed by atoms with van der Waals surface area (Å²) in [6.45, 7) is 2.80. The number of anilines is 1. The van der Waals surface area contributed by atoms with E-state index in [1.54, 1.807) is 0 Å². The number of hydrogen-bond donors (Lipinski definition) is 1. The summed E-state index contributed by atoms with van der Waals surface area (Å²) in [5.41, 5.74) is 2.58. The molecule has 0 radical (unpaired) electrons. The van der Waals surface area contributed by atoms with E-state index in [-0.39, 0.29) is 0 Å². The number of amidine groups is 1.